The predicted molar refractivity (Wildman–Crippen MR) is 106 cm³/mol. The van der Waals surface area contributed by atoms with Crippen molar-refractivity contribution in [1.29, 1.82) is 0 Å². The van der Waals surface area contributed by atoms with Crippen LogP contribution in [0.15, 0.2) is 24.3 Å². The van der Waals surface area contributed by atoms with E-state index >= 15 is 0 Å². The summed E-state index contributed by atoms with van der Waals surface area (Å²) in [6.45, 7) is 2.89. The number of alkyl halides is 3. The summed E-state index contributed by atoms with van der Waals surface area (Å²) in [4.78, 5) is 38.7. The van der Waals surface area contributed by atoms with Crippen LogP contribution in [0.3, 0.4) is 0 Å². The predicted octanol–water partition coefficient (Wildman–Crippen LogP) is 2.47. The molecule has 0 atom stereocenters. The smallest absolute Gasteiger partial charge is 0.348 e. The molecule has 2 heterocycles. The number of halogens is 3. The van der Waals surface area contributed by atoms with Gasteiger partial charge in [-0.1, -0.05) is 16.6 Å². The van der Waals surface area contributed by atoms with Crippen LogP contribution < -0.4 is 10.6 Å². The summed E-state index contributed by atoms with van der Waals surface area (Å²) >= 11 is 1.05. The lowest BCUT2D eigenvalue weighted by atomic mass is 9.96. The van der Waals surface area contributed by atoms with E-state index < -0.39 is 29.2 Å². The molecule has 1 saturated heterocycles. The van der Waals surface area contributed by atoms with Gasteiger partial charge >= 0.3 is 18.0 Å². The molecule has 0 radical (unpaired) electrons. The van der Waals surface area contributed by atoms with Crippen molar-refractivity contribution in [1.82, 2.24) is 19.8 Å². The molecule has 0 spiro atoms. The third kappa shape index (κ3) is 5.57. The average molecular weight is 455 g/mol. The fourth-order valence-electron chi connectivity index (χ4n) is 3.25. The van der Waals surface area contributed by atoms with Gasteiger partial charge in [0.05, 0.1) is 16.9 Å². The van der Waals surface area contributed by atoms with Gasteiger partial charge in [0.1, 0.15) is 4.88 Å². The zero-order chi connectivity index (χ0) is 22.6. The topological polar surface area (TPSA) is 104 Å². The molecule has 8 nitrogen and oxygen atoms in total. The number of aryl methyl sites for hydroxylation is 1. The molecule has 31 heavy (non-hydrogen) atoms. The number of rotatable bonds is 4. The summed E-state index contributed by atoms with van der Waals surface area (Å²) in [6, 6.07) is 4.44. The van der Waals surface area contributed by atoms with Crippen molar-refractivity contribution in [2.45, 2.75) is 25.9 Å². The Labute approximate surface area is 180 Å². The van der Waals surface area contributed by atoms with E-state index in [4.69, 9.17) is 0 Å². The zero-order valence-electron chi connectivity index (χ0n) is 16.5. The highest BCUT2D eigenvalue weighted by Gasteiger charge is 2.34. The normalized spacial score (nSPS) is 14.9. The van der Waals surface area contributed by atoms with E-state index in [0.29, 0.717) is 36.5 Å². The number of hydrogen-bond donors (Lipinski definition) is 2. The third-order valence-electron chi connectivity index (χ3n) is 4.99. The molecule has 3 amide bonds. The summed E-state index contributed by atoms with van der Waals surface area (Å²) in [6.07, 6.45) is -3.41. The van der Waals surface area contributed by atoms with Crippen molar-refractivity contribution in [3.8, 4) is 0 Å². The molecule has 0 unspecified atom stereocenters. The van der Waals surface area contributed by atoms with Crippen LogP contribution in [0.25, 0.3) is 0 Å². The first-order valence-corrected chi connectivity index (χ1v) is 10.3. The van der Waals surface area contributed by atoms with Crippen LogP contribution in [0.1, 0.15) is 33.8 Å². The van der Waals surface area contributed by atoms with Crippen LogP contribution >= 0.6 is 11.5 Å². The number of benzene rings is 1. The third-order valence-corrected chi connectivity index (χ3v) is 5.80. The van der Waals surface area contributed by atoms with E-state index in [1.54, 1.807) is 11.8 Å². The molecule has 2 N–H and O–H groups in total. The number of likely N-dealkylation sites (tertiary alicyclic amines) is 1. The van der Waals surface area contributed by atoms with Gasteiger partial charge in [-0.15, -0.1) is 5.10 Å². The van der Waals surface area contributed by atoms with Crippen molar-refractivity contribution in [2.24, 2.45) is 5.92 Å². The maximum absolute atomic E-state index is 13.0. The van der Waals surface area contributed by atoms with Crippen LogP contribution in [0.5, 0.6) is 0 Å². The number of amides is 3. The molecule has 1 aliphatic rings. The lowest BCUT2D eigenvalue weighted by Crippen LogP contribution is -2.43. The first-order valence-electron chi connectivity index (χ1n) is 9.50. The minimum absolute atomic E-state index is 0.0453. The van der Waals surface area contributed by atoms with E-state index in [-0.39, 0.29) is 18.4 Å². The number of anilines is 1. The number of para-hydroxylation sites is 1. The van der Waals surface area contributed by atoms with Crippen molar-refractivity contribution >= 4 is 34.9 Å². The molecule has 2 aromatic rings. The molecule has 0 bridgehead atoms. The Balaban J connectivity index is 1.47. The highest BCUT2D eigenvalue weighted by molar-refractivity contribution is 7.07. The van der Waals surface area contributed by atoms with Crippen molar-refractivity contribution in [3.63, 3.8) is 0 Å². The molecule has 1 fully saturated rings. The van der Waals surface area contributed by atoms with E-state index in [1.165, 1.54) is 12.1 Å². The van der Waals surface area contributed by atoms with E-state index in [0.717, 1.165) is 23.7 Å². The zero-order valence-corrected chi connectivity index (χ0v) is 17.3. The van der Waals surface area contributed by atoms with Crippen LogP contribution in [-0.4, -0.2) is 51.8 Å². The molecule has 1 aromatic heterocycles. The van der Waals surface area contributed by atoms with Gasteiger partial charge in [0, 0.05) is 19.6 Å². The van der Waals surface area contributed by atoms with E-state index in [9.17, 15) is 27.6 Å². The number of hydrogen-bond acceptors (Lipinski definition) is 6. The Hall–Kier alpha value is -3.02. The van der Waals surface area contributed by atoms with Gasteiger partial charge in [-0.05, 0) is 49.3 Å². The molecule has 0 saturated carbocycles. The number of piperidine rings is 1. The standard InChI is InChI=1S/C19H20F3N5O3S/c1-11-15(31-26-25-11)18(30)27-8-6-12(7-9-27)10-23-16(28)17(29)24-14-5-3-2-4-13(14)19(20,21)22/h2-5,12H,6-10H2,1H3,(H,23,28)(H,24,29). The largest absolute Gasteiger partial charge is 0.418 e. The summed E-state index contributed by atoms with van der Waals surface area (Å²) in [7, 11) is 0. The van der Waals surface area contributed by atoms with Crippen LogP contribution in [-0.2, 0) is 15.8 Å². The maximum Gasteiger partial charge on any atom is 0.418 e. The first kappa shape index (κ1) is 22.7. The van der Waals surface area contributed by atoms with Gasteiger partial charge < -0.3 is 15.5 Å². The monoisotopic (exact) mass is 455 g/mol. The Morgan fingerprint density at radius 2 is 1.84 bits per heavy atom. The second-order valence-electron chi connectivity index (χ2n) is 7.13. The van der Waals surface area contributed by atoms with Gasteiger partial charge in [-0.3, -0.25) is 14.4 Å². The second-order valence-corrected chi connectivity index (χ2v) is 7.88. The molecular formula is C19H20F3N5O3S. The molecule has 1 aromatic carbocycles. The molecule has 1 aliphatic heterocycles. The Bertz CT molecular complexity index is 971. The highest BCUT2D eigenvalue weighted by Crippen LogP contribution is 2.34. The minimum atomic E-state index is -4.65. The van der Waals surface area contributed by atoms with Gasteiger partial charge in [-0.2, -0.15) is 13.2 Å². The van der Waals surface area contributed by atoms with Crippen LogP contribution in [0.4, 0.5) is 18.9 Å². The number of nitrogens with zero attached hydrogens (tertiary/aromatic N) is 3. The average Bonchev–Trinajstić information content (AvgIpc) is 3.17. The summed E-state index contributed by atoms with van der Waals surface area (Å²) in [5, 5.41) is 8.31. The van der Waals surface area contributed by atoms with Crippen LogP contribution in [0.2, 0.25) is 0 Å². The summed E-state index contributed by atoms with van der Waals surface area (Å²) < 4.78 is 42.8. The summed E-state index contributed by atoms with van der Waals surface area (Å²) in [5.41, 5.74) is -0.920. The van der Waals surface area contributed by atoms with Gasteiger partial charge in [0.2, 0.25) is 0 Å². The minimum Gasteiger partial charge on any atom is -0.348 e. The van der Waals surface area contributed by atoms with Crippen LogP contribution in [0, 0.1) is 12.8 Å². The maximum atomic E-state index is 13.0. The molecule has 12 heteroatoms. The van der Waals surface area contributed by atoms with E-state index in [2.05, 4.69) is 14.9 Å². The van der Waals surface area contributed by atoms with Gasteiger partial charge in [0.15, 0.2) is 0 Å². The summed E-state index contributed by atoms with van der Waals surface area (Å²) in [5.74, 6) is -2.26. The molecule has 0 aliphatic carbocycles. The number of carbonyl (C=O) groups excluding carboxylic acids is 3. The fourth-order valence-corrected chi connectivity index (χ4v) is 3.87. The Morgan fingerprint density at radius 1 is 1.16 bits per heavy atom. The van der Waals surface area contributed by atoms with Crippen molar-refractivity contribution < 1.29 is 27.6 Å². The number of nitrogens with one attached hydrogen (secondary N) is 2. The number of carbonyl (C=O) groups is 3. The fraction of sp³-hybridized carbons (Fsp3) is 0.421. The number of aromatic nitrogens is 2. The van der Waals surface area contributed by atoms with Gasteiger partial charge in [0.25, 0.3) is 5.91 Å². The highest BCUT2D eigenvalue weighted by atomic mass is 32.1. The first-order chi connectivity index (χ1) is 14.7. The molecule has 3 rings (SSSR count). The SMILES string of the molecule is Cc1nnsc1C(=O)N1CCC(CNC(=O)C(=O)Nc2ccccc2C(F)(F)F)CC1. The quantitative estimate of drug-likeness (QED) is 0.690. The van der Waals surface area contributed by atoms with E-state index in [1.807, 2.05) is 5.32 Å². The molecular weight excluding hydrogens is 435 g/mol. The molecule has 166 valence electrons. The lowest BCUT2D eigenvalue weighted by molar-refractivity contribution is -0.138. The van der Waals surface area contributed by atoms with Crippen molar-refractivity contribution in [3.05, 3.63) is 40.4 Å². The van der Waals surface area contributed by atoms with Crippen molar-refractivity contribution in [2.75, 3.05) is 25.0 Å². The Kier molecular flexibility index (Phi) is 6.88. The Morgan fingerprint density at radius 3 is 2.45 bits per heavy atom. The second kappa shape index (κ2) is 9.41. The lowest BCUT2D eigenvalue weighted by Gasteiger charge is -2.31. The van der Waals surface area contributed by atoms with Gasteiger partial charge in [-0.25, -0.2) is 0 Å².